The van der Waals surface area contributed by atoms with E-state index in [9.17, 15) is 9.59 Å². The third-order valence-corrected chi connectivity index (χ3v) is 3.43. The van der Waals surface area contributed by atoms with Crippen LogP contribution in [-0.2, 0) is 19.1 Å². The SMILES string of the molecule is COC(=O)/C=C(/Nc1cccc(-c2ccc(OC)cc2)c1)C(=O)OC. The van der Waals surface area contributed by atoms with E-state index >= 15 is 0 Å². The molecule has 0 aliphatic heterocycles. The second-order valence-electron chi connectivity index (χ2n) is 5.01. The van der Waals surface area contributed by atoms with Crippen LogP contribution in [-0.4, -0.2) is 33.3 Å². The monoisotopic (exact) mass is 341 g/mol. The Hall–Kier alpha value is -3.28. The van der Waals surface area contributed by atoms with Crippen molar-refractivity contribution in [2.75, 3.05) is 26.6 Å². The molecule has 0 radical (unpaired) electrons. The van der Waals surface area contributed by atoms with Gasteiger partial charge in [-0.05, 0) is 35.4 Å². The molecule has 25 heavy (non-hydrogen) atoms. The summed E-state index contributed by atoms with van der Waals surface area (Å²) in [5.41, 5.74) is 2.55. The topological polar surface area (TPSA) is 73.9 Å². The van der Waals surface area contributed by atoms with Crippen molar-refractivity contribution in [3.63, 3.8) is 0 Å². The zero-order valence-corrected chi connectivity index (χ0v) is 14.2. The average molecular weight is 341 g/mol. The largest absolute Gasteiger partial charge is 0.497 e. The number of methoxy groups -OCH3 is 3. The molecule has 1 N–H and O–H groups in total. The number of esters is 2. The highest BCUT2D eigenvalue weighted by Crippen LogP contribution is 2.25. The van der Waals surface area contributed by atoms with Crippen LogP contribution in [0, 0.1) is 0 Å². The van der Waals surface area contributed by atoms with E-state index in [4.69, 9.17) is 4.74 Å². The van der Waals surface area contributed by atoms with E-state index in [2.05, 4.69) is 14.8 Å². The van der Waals surface area contributed by atoms with Crippen LogP contribution in [0.4, 0.5) is 5.69 Å². The van der Waals surface area contributed by atoms with Gasteiger partial charge in [0.15, 0.2) is 0 Å². The van der Waals surface area contributed by atoms with Crippen molar-refractivity contribution < 1.29 is 23.8 Å². The van der Waals surface area contributed by atoms with Crippen LogP contribution < -0.4 is 10.1 Å². The summed E-state index contributed by atoms with van der Waals surface area (Å²) in [6.45, 7) is 0. The molecule has 0 aromatic heterocycles. The van der Waals surface area contributed by atoms with Crippen molar-refractivity contribution in [2.45, 2.75) is 0 Å². The number of benzene rings is 2. The minimum atomic E-state index is -0.666. The first-order valence-corrected chi connectivity index (χ1v) is 7.47. The van der Waals surface area contributed by atoms with Crippen molar-refractivity contribution in [3.05, 3.63) is 60.3 Å². The molecule has 2 aromatic rings. The quantitative estimate of drug-likeness (QED) is 0.643. The first kappa shape index (κ1) is 18.1. The number of carbonyl (C=O) groups excluding carboxylic acids is 2. The van der Waals surface area contributed by atoms with E-state index in [1.54, 1.807) is 13.2 Å². The lowest BCUT2D eigenvalue weighted by Crippen LogP contribution is -2.15. The van der Waals surface area contributed by atoms with Gasteiger partial charge >= 0.3 is 11.9 Å². The van der Waals surface area contributed by atoms with Gasteiger partial charge in [-0.3, -0.25) is 0 Å². The smallest absolute Gasteiger partial charge is 0.354 e. The van der Waals surface area contributed by atoms with Gasteiger partial charge < -0.3 is 19.5 Å². The number of hydrogen-bond donors (Lipinski definition) is 1. The van der Waals surface area contributed by atoms with Crippen molar-refractivity contribution in [3.8, 4) is 16.9 Å². The Morgan fingerprint density at radius 3 is 2.24 bits per heavy atom. The summed E-state index contributed by atoms with van der Waals surface area (Å²) in [6, 6.07) is 15.0. The minimum absolute atomic E-state index is 0.0127. The van der Waals surface area contributed by atoms with Crippen LogP contribution in [0.2, 0.25) is 0 Å². The van der Waals surface area contributed by atoms with Crippen LogP contribution >= 0.6 is 0 Å². The first-order chi connectivity index (χ1) is 12.1. The zero-order chi connectivity index (χ0) is 18.2. The van der Waals surface area contributed by atoms with Gasteiger partial charge in [0.25, 0.3) is 0 Å². The highest BCUT2D eigenvalue weighted by Gasteiger charge is 2.13. The van der Waals surface area contributed by atoms with Gasteiger partial charge in [-0.1, -0.05) is 24.3 Å². The maximum atomic E-state index is 11.8. The number of carbonyl (C=O) groups is 2. The minimum Gasteiger partial charge on any atom is -0.497 e. The van der Waals surface area contributed by atoms with Crippen LogP contribution in [0.15, 0.2) is 60.3 Å². The van der Waals surface area contributed by atoms with Gasteiger partial charge in [0.2, 0.25) is 0 Å². The van der Waals surface area contributed by atoms with E-state index in [-0.39, 0.29) is 5.70 Å². The lowest BCUT2D eigenvalue weighted by Gasteiger charge is -2.11. The average Bonchev–Trinajstić information content (AvgIpc) is 2.67. The number of hydrogen-bond acceptors (Lipinski definition) is 6. The standard InChI is InChI=1S/C19H19NO5/c1-23-16-9-7-13(8-10-16)14-5-4-6-15(11-14)20-17(19(22)25-3)12-18(21)24-2/h4-12,20H,1-3H3/b17-12+. The molecule has 0 amide bonds. The summed E-state index contributed by atoms with van der Waals surface area (Å²) in [5, 5.41) is 2.89. The molecule has 0 bridgehead atoms. The maximum absolute atomic E-state index is 11.8. The Bertz CT molecular complexity index is 781. The number of ether oxygens (including phenoxy) is 3. The zero-order valence-electron chi connectivity index (χ0n) is 14.2. The van der Waals surface area contributed by atoms with Crippen LogP contribution in [0.5, 0.6) is 5.75 Å². The van der Waals surface area contributed by atoms with E-state index in [0.29, 0.717) is 5.69 Å². The van der Waals surface area contributed by atoms with E-state index in [1.807, 2.05) is 42.5 Å². The molecule has 0 fully saturated rings. The summed E-state index contributed by atoms with van der Waals surface area (Å²) in [5.74, 6) is -0.550. The molecule has 6 heteroatoms. The molecule has 0 spiro atoms. The van der Waals surface area contributed by atoms with Gasteiger partial charge in [-0.25, -0.2) is 9.59 Å². The van der Waals surface area contributed by atoms with Crippen molar-refractivity contribution in [2.24, 2.45) is 0 Å². The molecular weight excluding hydrogens is 322 g/mol. The van der Waals surface area contributed by atoms with Gasteiger partial charge in [0.1, 0.15) is 11.4 Å². The maximum Gasteiger partial charge on any atom is 0.354 e. The Kier molecular flexibility index (Phi) is 6.17. The third-order valence-electron chi connectivity index (χ3n) is 3.43. The molecule has 0 unspecified atom stereocenters. The predicted molar refractivity (Wildman–Crippen MR) is 94.2 cm³/mol. The number of anilines is 1. The van der Waals surface area contributed by atoms with Gasteiger partial charge in [-0.15, -0.1) is 0 Å². The molecule has 0 heterocycles. The Morgan fingerprint density at radius 1 is 0.920 bits per heavy atom. The predicted octanol–water partition coefficient (Wildman–Crippen LogP) is 3.00. The normalized spacial score (nSPS) is 10.8. The van der Waals surface area contributed by atoms with Gasteiger partial charge in [-0.2, -0.15) is 0 Å². The molecular formula is C19H19NO5. The van der Waals surface area contributed by atoms with Gasteiger partial charge in [0, 0.05) is 5.69 Å². The number of nitrogens with one attached hydrogen (secondary N) is 1. The Morgan fingerprint density at radius 2 is 1.64 bits per heavy atom. The molecule has 0 atom stereocenters. The molecule has 6 nitrogen and oxygen atoms in total. The summed E-state index contributed by atoms with van der Waals surface area (Å²) >= 11 is 0. The lowest BCUT2D eigenvalue weighted by atomic mass is 10.0. The van der Waals surface area contributed by atoms with Crippen molar-refractivity contribution in [1.82, 2.24) is 0 Å². The van der Waals surface area contributed by atoms with E-state index < -0.39 is 11.9 Å². The van der Waals surface area contributed by atoms with Crippen LogP contribution in [0.3, 0.4) is 0 Å². The fourth-order valence-electron chi connectivity index (χ4n) is 2.15. The highest BCUT2D eigenvalue weighted by molar-refractivity contribution is 5.98. The summed E-state index contributed by atoms with van der Waals surface area (Å²) in [7, 11) is 4.09. The summed E-state index contributed by atoms with van der Waals surface area (Å²) in [6.07, 6.45) is 1.05. The van der Waals surface area contributed by atoms with Crippen molar-refractivity contribution in [1.29, 1.82) is 0 Å². The molecule has 130 valence electrons. The summed E-state index contributed by atoms with van der Waals surface area (Å²) in [4.78, 5) is 23.2. The van der Waals surface area contributed by atoms with E-state index in [0.717, 1.165) is 23.0 Å². The lowest BCUT2D eigenvalue weighted by molar-refractivity contribution is -0.138. The first-order valence-electron chi connectivity index (χ1n) is 7.47. The second kappa shape index (κ2) is 8.54. The third kappa shape index (κ3) is 4.84. The fraction of sp³-hybridized carbons (Fsp3) is 0.158. The molecule has 0 saturated carbocycles. The van der Waals surface area contributed by atoms with Crippen molar-refractivity contribution >= 4 is 17.6 Å². The van der Waals surface area contributed by atoms with Crippen LogP contribution in [0.1, 0.15) is 0 Å². The Balaban J connectivity index is 2.28. The summed E-state index contributed by atoms with van der Waals surface area (Å²) < 4.78 is 14.4. The molecule has 0 saturated heterocycles. The van der Waals surface area contributed by atoms with Crippen LogP contribution in [0.25, 0.3) is 11.1 Å². The van der Waals surface area contributed by atoms with E-state index in [1.165, 1.54) is 14.2 Å². The molecule has 0 aliphatic rings. The number of rotatable bonds is 6. The highest BCUT2D eigenvalue weighted by atomic mass is 16.5. The molecule has 0 aliphatic carbocycles. The molecule has 2 aromatic carbocycles. The van der Waals surface area contributed by atoms with Gasteiger partial charge in [0.05, 0.1) is 27.4 Å². The fourth-order valence-corrected chi connectivity index (χ4v) is 2.15. The Labute approximate surface area is 146 Å². The molecule has 2 rings (SSSR count). The second-order valence-corrected chi connectivity index (χ2v) is 5.01.